The topological polar surface area (TPSA) is 79.9 Å². The number of carbonyl (C=O) groups excluding carboxylic acids is 2. The molecule has 1 aliphatic carbocycles. The van der Waals surface area contributed by atoms with Crippen molar-refractivity contribution in [3.8, 4) is 0 Å². The van der Waals surface area contributed by atoms with Crippen molar-refractivity contribution in [1.82, 2.24) is 10.6 Å². The van der Waals surface area contributed by atoms with Gasteiger partial charge in [-0.2, -0.15) is 0 Å². The first-order valence-electron chi connectivity index (χ1n) is 9.78. The van der Waals surface area contributed by atoms with Gasteiger partial charge in [-0.25, -0.2) is 4.79 Å². The van der Waals surface area contributed by atoms with Gasteiger partial charge in [0.05, 0.1) is 18.8 Å². The highest BCUT2D eigenvalue weighted by molar-refractivity contribution is 5.99. The molecule has 1 aromatic rings. The van der Waals surface area contributed by atoms with E-state index in [0.29, 0.717) is 37.8 Å². The van der Waals surface area contributed by atoms with Gasteiger partial charge in [0, 0.05) is 37.6 Å². The molecule has 0 bridgehead atoms. The molecule has 1 aromatic carbocycles. The molecule has 2 heterocycles. The van der Waals surface area contributed by atoms with Crippen LogP contribution in [0.4, 0.5) is 10.5 Å². The van der Waals surface area contributed by atoms with Gasteiger partial charge < -0.3 is 20.1 Å². The fourth-order valence-electron chi connectivity index (χ4n) is 3.59. The smallest absolute Gasteiger partial charge is 0.322 e. The van der Waals surface area contributed by atoms with Crippen LogP contribution in [-0.2, 0) is 9.47 Å². The highest BCUT2D eigenvalue weighted by atomic mass is 16.5. The van der Waals surface area contributed by atoms with Crippen molar-refractivity contribution in [3.63, 3.8) is 0 Å². The Morgan fingerprint density at radius 3 is 2.96 bits per heavy atom. The van der Waals surface area contributed by atoms with Crippen LogP contribution in [0.1, 0.15) is 35.2 Å². The maximum Gasteiger partial charge on any atom is 0.322 e. The van der Waals surface area contributed by atoms with Crippen molar-refractivity contribution in [2.75, 3.05) is 37.8 Å². The van der Waals surface area contributed by atoms with E-state index in [1.165, 1.54) is 12.8 Å². The van der Waals surface area contributed by atoms with Crippen molar-refractivity contribution in [3.05, 3.63) is 29.3 Å². The summed E-state index contributed by atoms with van der Waals surface area (Å²) in [6.07, 6.45) is 3.29. The lowest BCUT2D eigenvalue weighted by Gasteiger charge is -2.32. The number of rotatable bonds is 6. The van der Waals surface area contributed by atoms with E-state index < -0.39 is 0 Å². The first kappa shape index (κ1) is 18.3. The van der Waals surface area contributed by atoms with Gasteiger partial charge in [0.15, 0.2) is 0 Å². The zero-order valence-electron chi connectivity index (χ0n) is 15.7. The van der Waals surface area contributed by atoms with E-state index in [4.69, 9.17) is 9.47 Å². The lowest BCUT2D eigenvalue weighted by molar-refractivity contribution is -0.0567. The summed E-state index contributed by atoms with van der Waals surface area (Å²) in [5.74, 6) is 0.529. The number of aryl methyl sites for hydroxylation is 1. The SMILES string of the molecule is Cc1ccc(C(=O)NC2COCCC2OCC2CC2)cc1N1CCNC1=O. The Labute approximate surface area is 159 Å². The first-order chi connectivity index (χ1) is 13.1. The third-order valence-electron chi connectivity index (χ3n) is 5.47. The molecule has 1 saturated carbocycles. The number of hydrogen-bond acceptors (Lipinski definition) is 4. The predicted octanol–water partition coefficient (Wildman–Crippen LogP) is 1.84. The number of benzene rings is 1. The summed E-state index contributed by atoms with van der Waals surface area (Å²) >= 11 is 0. The molecule has 2 atom stereocenters. The minimum atomic E-state index is -0.161. The zero-order valence-corrected chi connectivity index (χ0v) is 15.7. The van der Waals surface area contributed by atoms with Crippen LogP contribution in [-0.4, -0.2) is 57.0 Å². The quantitative estimate of drug-likeness (QED) is 0.797. The second-order valence-corrected chi connectivity index (χ2v) is 7.64. The molecule has 4 rings (SSSR count). The fourth-order valence-corrected chi connectivity index (χ4v) is 3.59. The molecule has 2 N–H and O–H groups in total. The van der Waals surface area contributed by atoms with Gasteiger partial charge in [-0.15, -0.1) is 0 Å². The fraction of sp³-hybridized carbons (Fsp3) is 0.600. The summed E-state index contributed by atoms with van der Waals surface area (Å²) in [6, 6.07) is 5.20. The Balaban J connectivity index is 1.44. The van der Waals surface area contributed by atoms with E-state index in [2.05, 4.69) is 10.6 Å². The van der Waals surface area contributed by atoms with E-state index in [0.717, 1.165) is 24.3 Å². The normalized spacial score (nSPS) is 25.4. The number of anilines is 1. The zero-order chi connectivity index (χ0) is 18.8. The third-order valence-corrected chi connectivity index (χ3v) is 5.47. The van der Waals surface area contributed by atoms with Crippen LogP contribution in [0.25, 0.3) is 0 Å². The van der Waals surface area contributed by atoms with Gasteiger partial charge in [-0.05, 0) is 49.8 Å². The summed E-state index contributed by atoms with van der Waals surface area (Å²) < 4.78 is 11.6. The van der Waals surface area contributed by atoms with E-state index in [1.54, 1.807) is 17.0 Å². The molecule has 3 fully saturated rings. The number of amides is 3. The Morgan fingerprint density at radius 1 is 1.37 bits per heavy atom. The molecule has 7 nitrogen and oxygen atoms in total. The molecule has 146 valence electrons. The number of carbonyl (C=O) groups is 2. The summed E-state index contributed by atoms with van der Waals surface area (Å²) in [7, 11) is 0. The summed E-state index contributed by atoms with van der Waals surface area (Å²) in [4.78, 5) is 26.5. The minimum absolute atomic E-state index is 0.00224. The van der Waals surface area contributed by atoms with Crippen LogP contribution in [0, 0.1) is 12.8 Å². The second kappa shape index (κ2) is 7.86. The number of hydrogen-bond donors (Lipinski definition) is 2. The maximum atomic E-state index is 12.8. The van der Waals surface area contributed by atoms with Crippen LogP contribution < -0.4 is 15.5 Å². The molecule has 2 aliphatic heterocycles. The Morgan fingerprint density at radius 2 is 2.22 bits per heavy atom. The largest absolute Gasteiger partial charge is 0.379 e. The first-order valence-corrected chi connectivity index (χ1v) is 9.78. The lowest BCUT2D eigenvalue weighted by Crippen LogP contribution is -2.50. The molecule has 2 unspecified atom stereocenters. The van der Waals surface area contributed by atoms with Crippen LogP contribution in [0.3, 0.4) is 0 Å². The Kier molecular flexibility index (Phi) is 5.31. The lowest BCUT2D eigenvalue weighted by atomic mass is 10.0. The summed E-state index contributed by atoms with van der Waals surface area (Å²) in [6.45, 7) is 5.08. The van der Waals surface area contributed by atoms with Gasteiger partial charge in [0.1, 0.15) is 0 Å². The van der Waals surface area contributed by atoms with Gasteiger partial charge in [0.2, 0.25) is 0 Å². The van der Waals surface area contributed by atoms with E-state index in [9.17, 15) is 9.59 Å². The number of ether oxygens (including phenoxy) is 2. The molecule has 0 spiro atoms. The maximum absolute atomic E-state index is 12.8. The summed E-state index contributed by atoms with van der Waals surface area (Å²) in [5, 5.41) is 5.87. The number of nitrogens with one attached hydrogen (secondary N) is 2. The Bertz CT molecular complexity index is 719. The predicted molar refractivity (Wildman–Crippen MR) is 101 cm³/mol. The molecule has 7 heteroatoms. The second-order valence-electron chi connectivity index (χ2n) is 7.64. The molecular weight excluding hydrogens is 346 g/mol. The van der Waals surface area contributed by atoms with E-state index in [-0.39, 0.29) is 24.1 Å². The third kappa shape index (κ3) is 4.25. The van der Waals surface area contributed by atoms with Gasteiger partial charge in [-0.1, -0.05) is 6.07 Å². The van der Waals surface area contributed by atoms with Crippen LogP contribution in [0.5, 0.6) is 0 Å². The molecule has 27 heavy (non-hydrogen) atoms. The summed E-state index contributed by atoms with van der Waals surface area (Å²) in [5.41, 5.74) is 2.29. The number of urea groups is 1. The van der Waals surface area contributed by atoms with Crippen molar-refractivity contribution in [2.24, 2.45) is 5.92 Å². The van der Waals surface area contributed by atoms with Crippen molar-refractivity contribution in [1.29, 1.82) is 0 Å². The average molecular weight is 373 g/mol. The molecular formula is C20H27N3O4. The van der Waals surface area contributed by atoms with Crippen molar-refractivity contribution >= 4 is 17.6 Å². The minimum Gasteiger partial charge on any atom is -0.379 e. The van der Waals surface area contributed by atoms with E-state index >= 15 is 0 Å². The molecule has 0 aromatic heterocycles. The highest BCUT2D eigenvalue weighted by Crippen LogP contribution is 2.30. The van der Waals surface area contributed by atoms with E-state index in [1.807, 2.05) is 13.0 Å². The monoisotopic (exact) mass is 373 g/mol. The standard InChI is InChI=1S/C20H27N3O4/c1-13-2-5-15(10-17(13)23-8-7-21-20(23)25)19(24)22-16-12-26-9-6-18(16)27-11-14-3-4-14/h2,5,10,14,16,18H,3-4,6-9,11-12H2,1H3,(H,21,25)(H,22,24). The van der Waals surface area contributed by atoms with Gasteiger partial charge >= 0.3 is 6.03 Å². The Hall–Kier alpha value is -2.12. The molecule has 0 radical (unpaired) electrons. The van der Waals surface area contributed by atoms with Crippen LogP contribution in [0.2, 0.25) is 0 Å². The van der Waals surface area contributed by atoms with Crippen LogP contribution >= 0.6 is 0 Å². The highest BCUT2D eigenvalue weighted by Gasteiger charge is 2.31. The average Bonchev–Trinajstić information content (AvgIpc) is 3.41. The molecule has 2 saturated heterocycles. The molecule has 3 amide bonds. The molecule has 3 aliphatic rings. The van der Waals surface area contributed by atoms with Crippen molar-refractivity contribution in [2.45, 2.75) is 38.3 Å². The van der Waals surface area contributed by atoms with Gasteiger partial charge in [-0.3, -0.25) is 9.69 Å². The van der Waals surface area contributed by atoms with Crippen LogP contribution in [0.15, 0.2) is 18.2 Å². The van der Waals surface area contributed by atoms with Crippen molar-refractivity contribution < 1.29 is 19.1 Å². The van der Waals surface area contributed by atoms with Gasteiger partial charge in [0.25, 0.3) is 5.91 Å². The number of nitrogens with zero attached hydrogens (tertiary/aromatic N) is 1.